The number of alkyl halides is 1. The van der Waals surface area contributed by atoms with Gasteiger partial charge in [-0.05, 0) is 60.9 Å². The summed E-state index contributed by atoms with van der Waals surface area (Å²) in [6, 6.07) is 18.4. The molecule has 45 heavy (non-hydrogen) atoms. The molecule has 0 fully saturated rings. The number of sulfone groups is 3. The number of halogens is 1. The van der Waals surface area contributed by atoms with Crippen LogP contribution in [0.2, 0.25) is 0 Å². The molecule has 3 aromatic carbocycles. The smallest absolute Gasteiger partial charge is 0.251 e. The number of aromatic nitrogens is 3. The number of pyridine rings is 1. The van der Waals surface area contributed by atoms with Crippen LogP contribution < -0.4 is 0 Å². The van der Waals surface area contributed by atoms with Crippen LogP contribution in [0.25, 0.3) is 22.0 Å². The lowest BCUT2D eigenvalue weighted by atomic mass is 9.92. The standard InChI is InChI=1S/C32H32FN3O6S3/c1-31(2,44(5,39)40)26-19-24-10-7-15-34-29(24)28(20-26)23-9-6-8-22(18-23)21-32(33,45(41,42)30-35-16-17-36(30)3)25-11-13-27(14-12-25)43(4,37)38/h6-20H,21H2,1-5H3. The lowest BCUT2D eigenvalue weighted by Crippen LogP contribution is -2.35. The molecule has 5 aromatic rings. The van der Waals surface area contributed by atoms with E-state index in [4.69, 9.17) is 0 Å². The predicted octanol–water partition coefficient (Wildman–Crippen LogP) is 5.16. The number of aryl methyl sites for hydroxylation is 1. The van der Waals surface area contributed by atoms with Crippen LogP contribution in [0.15, 0.2) is 101 Å². The molecule has 0 radical (unpaired) electrons. The number of rotatable bonds is 9. The Hall–Kier alpha value is -3.94. The fraction of sp³-hybridized carbons (Fsp3) is 0.250. The van der Waals surface area contributed by atoms with Crippen molar-refractivity contribution in [3.05, 3.63) is 108 Å². The normalized spacial score (nSPS) is 14.4. The third-order valence-electron chi connectivity index (χ3n) is 8.15. The molecular formula is C32H32FN3O6S3. The Morgan fingerprint density at radius 2 is 1.49 bits per heavy atom. The molecule has 0 saturated carbocycles. The molecule has 0 aliphatic carbocycles. The zero-order chi connectivity index (χ0) is 33.0. The van der Waals surface area contributed by atoms with Crippen LogP contribution >= 0.6 is 0 Å². The van der Waals surface area contributed by atoms with Crippen molar-refractivity contribution >= 4 is 40.4 Å². The van der Waals surface area contributed by atoms with Gasteiger partial charge in [0, 0.05) is 61.1 Å². The first kappa shape index (κ1) is 32.5. The summed E-state index contributed by atoms with van der Waals surface area (Å²) in [5.74, 6) is 0. The van der Waals surface area contributed by atoms with E-state index in [0.717, 1.165) is 18.4 Å². The molecule has 0 aliphatic rings. The van der Waals surface area contributed by atoms with Crippen molar-refractivity contribution in [2.45, 2.75) is 40.1 Å². The fourth-order valence-electron chi connectivity index (χ4n) is 5.14. The maximum Gasteiger partial charge on any atom is 0.251 e. The van der Waals surface area contributed by atoms with Gasteiger partial charge in [0.05, 0.1) is 15.2 Å². The second-order valence-electron chi connectivity index (χ2n) is 11.6. The van der Waals surface area contributed by atoms with Crippen molar-refractivity contribution in [3.63, 3.8) is 0 Å². The van der Waals surface area contributed by atoms with E-state index in [0.29, 0.717) is 33.2 Å². The van der Waals surface area contributed by atoms with E-state index in [9.17, 15) is 25.3 Å². The van der Waals surface area contributed by atoms with Gasteiger partial charge in [-0.25, -0.2) is 34.6 Å². The number of hydrogen-bond acceptors (Lipinski definition) is 8. The van der Waals surface area contributed by atoms with Crippen molar-refractivity contribution in [1.82, 2.24) is 14.5 Å². The molecule has 5 rings (SSSR count). The molecule has 13 heteroatoms. The second kappa shape index (κ2) is 11.1. The zero-order valence-electron chi connectivity index (χ0n) is 25.3. The number of imidazole rings is 1. The van der Waals surface area contributed by atoms with Crippen LogP contribution in [0.3, 0.4) is 0 Å². The van der Waals surface area contributed by atoms with Gasteiger partial charge in [0.1, 0.15) is 0 Å². The number of fused-ring (bicyclic) bond motifs is 1. The molecule has 1 unspecified atom stereocenters. The molecule has 1 atom stereocenters. The molecule has 0 bridgehead atoms. The first-order valence-electron chi connectivity index (χ1n) is 13.8. The third kappa shape index (κ3) is 5.80. The Labute approximate surface area is 262 Å². The Balaban J connectivity index is 1.69. The topological polar surface area (TPSA) is 133 Å². The van der Waals surface area contributed by atoms with Crippen LogP contribution in [-0.4, -0.2) is 52.3 Å². The van der Waals surface area contributed by atoms with E-state index in [2.05, 4.69) is 9.97 Å². The van der Waals surface area contributed by atoms with E-state index in [1.807, 2.05) is 6.07 Å². The van der Waals surface area contributed by atoms with Gasteiger partial charge in [-0.1, -0.05) is 42.5 Å². The summed E-state index contributed by atoms with van der Waals surface area (Å²) in [4.78, 5) is 8.35. The van der Waals surface area contributed by atoms with Gasteiger partial charge in [0.2, 0.25) is 10.2 Å². The van der Waals surface area contributed by atoms with Crippen molar-refractivity contribution in [1.29, 1.82) is 0 Å². The third-order valence-corrected chi connectivity index (χ3v) is 13.5. The van der Waals surface area contributed by atoms with Gasteiger partial charge in [0.25, 0.3) is 9.84 Å². The van der Waals surface area contributed by atoms with Gasteiger partial charge in [0.15, 0.2) is 19.7 Å². The number of hydrogen-bond donors (Lipinski definition) is 0. The predicted molar refractivity (Wildman–Crippen MR) is 171 cm³/mol. The highest BCUT2D eigenvalue weighted by Gasteiger charge is 2.49. The first-order chi connectivity index (χ1) is 20.9. The molecule has 0 aliphatic heterocycles. The second-order valence-corrected chi connectivity index (χ2v) is 18.2. The average Bonchev–Trinajstić information content (AvgIpc) is 3.42. The fourth-order valence-corrected chi connectivity index (χ4v) is 8.05. The first-order valence-corrected chi connectivity index (χ1v) is 19.0. The molecular weight excluding hydrogens is 638 g/mol. The minimum atomic E-state index is -4.79. The molecule has 9 nitrogen and oxygen atoms in total. The Morgan fingerprint density at radius 3 is 2.09 bits per heavy atom. The van der Waals surface area contributed by atoms with Crippen molar-refractivity contribution < 1.29 is 29.6 Å². The van der Waals surface area contributed by atoms with Gasteiger partial charge >= 0.3 is 0 Å². The van der Waals surface area contributed by atoms with E-state index < -0.39 is 50.8 Å². The molecule has 0 N–H and O–H groups in total. The minimum Gasteiger partial charge on any atom is -0.325 e. The number of benzene rings is 3. The van der Waals surface area contributed by atoms with Crippen LogP contribution in [0.4, 0.5) is 4.39 Å². The van der Waals surface area contributed by atoms with Gasteiger partial charge in [-0.3, -0.25) is 4.98 Å². The number of nitrogens with zero attached hydrogens (tertiary/aromatic N) is 3. The highest BCUT2D eigenvalue weighted by atomic mass is 32.2. The zero-order valence-corrected chi connectivity index (χ0v) is 27.7. The summed E-state index contributed by atoms with van der Waals surface area (Å²) in [6.07, 6.45) is 5.81. The van der Waals surface area contributed by atoms with Gasteiger partial charge < -0.3 is 4.57 Å². The lowest BCUT2D eigenvalue weighted by molar-refractivity contribution is 0.267. The maximum atomic E-state index is 17.4. The maximum absolute atomic E-state index is 17.4. The highest BCUT2D eigenvalue weighted by molar-refractivity contribution is 7.92. The Morgan fingerprint density at radius 1 is 0.800 bits per heavy atom. The van der Waals surface area contributed by atoms with Crippen molar-refractivity contribution in [2.75, 3.05) is 12.5 Å². The Kier molecular flexibility index (Phi) is 8.04. The lowest BCUT2D eigenvalue weighted by Gasteiger charge is -2.26. The highest BCUT2D eigenvalue weighted by Crippen LogP contribution is 2.41. The van der Waals surface area contributed by atoms with Crippen molar-refractivity contribution in [3.8, 4) is 11.1 Å². The Bertz CT molecular complexity index is 2260. The summed E-state index contributed by atoms with van der Waals surface area (Å²) in [6.45, 7) is 3.24. The van der Waals surface area contributed by atoms with E-state index >= 15 is 4.39 Å². The minimum absolute atomic E-state index is 0.0822. The molecule has 2 heterocycles. The van der Waals surface area contributed by atoms with E-state index in [1.54, 1.807) is 62.5 Å². The van der Waals surface area contributed by atoms with Crippen LogP contribution in [0.1, 0.15) is 30.5 Å². The SMILES string of the molecule is Cn1ccnc1S(=O)(=O)C(F)(Cc1cccc(-c2cc(C(C)(C)S(C)(=O)=O)cc3cccnc23)c1)c1ccc(S(C)(=O)=O)cc1. The quantitative estimate of drug-likeness (QED) is 0.210. The van der Waals surface area contributed by atoms with Gasteiger partial charge in [-0.15, -0.1) is 0 Å². The van der Waals surface area contributed by atoms with Gasteiger partial charge in [-0.2, -0.15) is 0 Å². The summed E-state index contributed by atoms with van der Waals surface area (Å²) in [7, 11) is -10.5. The van der Waals surface area contributed by atoms with Crippen LogP contribution in [-0.2, 0) is 52.7 Å². The summed E-state index contributed by atoms with van der Waals surface area (Å²) >= 11 is 0. The van der Waals surface area contributed by atoms with Crippen molar-refractivity contribution in [2.24, 2.45) is 7.05 Å². The van der Waals surface area contributed by atoms with Crippen LogP contribution in [0, 0.1) is 0 Å². The molecule has 2 aromatic heterocycles. The molecule has 0 amide bonds. The van der Waals surface area contributed by atoms with E-state index in [1.165, 1.54) is 42.4 Å². The summed E-state index contributed by atoms with van der Waals surface area (Å²) < 4.78 is 94.9. The van der Waals surface area contributed by atoms with E-state index in [-0.39, 0.29) is 10.5 Å². The summed E-state index contributed by atoms with van der Waals surface area (Å²) in [5.41, 5.74) is 2.35. The molecule has 0 spiro atoms. The molecule has 236 valence electrons. The largest absolute Gasteiger partial charge is 0.325 e. The molecule has 0 saturated heterocycles. The summed E-state index contributed by atoms with van der Waals surface area (Å²) in [5, 5.41) is -2.82. The average molecular weight is 670 g/mol. The monoisotopic (exact) mass is 669 g/mol. The van der Waals surface area contributed by atoms with Crippen LogP contribution in [0.5, 0.6) is 0 Å².